The first kappa shape index (κ1) is 24.2. The van der Waals surface area contributed by atoms with Crippen LogP contribution in [0.25, 0.3) is 5.57 Å². The summed E-state index contributed by atoms with van der Waals surface area (Å²) in [7, 11) is 0. The van der Waals surface area contributed by atoms with Crippen LogP contribution in [0.15, 0.2) is 43.1 Å². The number of hydrogen-bond acceptors (Lipinski definition) is 2. The van der Waals surface area contributed by atoms with E-state index in [9.17, 15) is 4.79 Å². The van der Waals surface area contributed by atoms with Crippen molar-refractivity contribution in [3.63, 3.8) is 0 Å². The van der Waals surface area contributed by atoms with Crippen LogP contribution in [-0.4, -0.2) is 22.2 Å². The highest BCUT2D eigenvalue weighted by Gasteiger charge is 2.20. The highest BCUT2D eigenvalue weighted by atomic mass is 16.1. The van der Waals surface area contributed by atoms with Crippen molar-refractivity contribution in [2.45, 2.75) is 78.7 Å². The topological polar surface area (TPSA) is 46.9 Å². The predicted molar refractivity (Wildman–Crippen MR) is 127 cm³/mol. The van der Waals surface area contributed by atoms with Crippen LogP contribution < -0.4 is 5.32 Å². The minimum atomic E-state index is 0.160. The predicted octanol–water partition coefficient (Wildman–Crippen LogP) is 6.17. The van der Waals surface area contributed by atoms with Crippen molar-refractivity contribution in [3.05, 3.63) is 48.8 Å². The first-order chi connectivity index (χ1) is 14.5. The summed E-state index contributed by atoms with van der Waals surface area (Å²) in [5.41, 5.74) is 2.01. The van der Waals surface area contributed by atoms with Gasteiger partial charge < -0.3 is 5.32 Å². The summed E-state index contributed by atoms with van der Waals surface area (Å²) in [4.78, 5) is 12.8. The fourth-order valence-electron chi connectivity index (χ4n) is 4.45. The molecule has 0 aliphatic heterocycles. The molecule has 1 amide bonds. The van der Waals surface area contributed by atoms with Crippen LogP contribution in [0.4, 0.5) is 0 Å². The second kappa shape index (κ2) is 13.3. The van der Waals surface area contributed by atoms with E-state index in [1.54, 1.807) is 6.08 Å². The molecule has 3 atom stereocenters. The smallest absolute Gasteiger partial charge is 0.223 e. The monoisotopic (exact) mass is 411 g/mol. The Morgan fingerprint density at radius 1 is 1.20 bits per heavy atom. The van der Waals surface area contributed by atoms with Crippen molar-refractivity contribution in [1.29, 1.82) is 0 Å². The van der Waals surface area contributed by atoms with Gasteiger partial charge in [-0.2, -0.15) is 5.10 Å². The molecule has 0 aromatic carbocycles. The maximum absolute atomic E-state index is 12.8. The minimum absolute atomic E-state index is 0.160. The van der Waals surface area contributed by atoms with E-state index in [1.807, 2.05) is 42.1 Å². The molecule has 1 aromatic rings. The summed E-state index contributed by atoms with van der Waals surface area (Å²) in [6, 6.07) is 2.01. The normalized spacial score (nSPS) is 24.4. The summed E-state index contributed by atoms with van der Waals surface area (Å²) in [5.74, 6) is 1.92. The molecule has 0 saturated heterocycles. The number of allylic oxidation sites excluding steroid dienone is 5. The lowest BCUT2D eigenvalue weighted by Crippen LogP contribution is -2.33. The third kappa shape index (κ3) is 8.33. The Labute approximate surface area is 183 Å². The standard InChI is InChI=1S/C26H41N3O/c1-5-7-12-23(6-2)25-16-18-29(28-25)19-17-27-26(30)24-13-10-8-9-11-21(3)20-22(4)14-15-24/h5-7,12,16,18,21-22,24H,1,8-11,13-15,17,19-20H2,2-4H3,(H,27,30)/b12-7-,23-6+. The number of carbonyl (C=O) groups is 1. The van der Waals surface area contributed by atoms with Gasteiger partial charge in [0.25, 0.3) is 0 Å². The van der Waals surface area contributed by atoms with Crippen molar-refractivity contribution in [2.24, 2.45) is 17.8 Å². The van der Waals surface area contributed by atoms with Gasteiger partial charge in [-0.15, -0.1) is 0 Å². The van der Waals surface area contributed by atoms with Gasteiger partial charge in [-0.25, -0.2) is 0 Å². The molecule has 3 unspecified atom stereocenters. The Balaban J connectivity index is 1.84. The number of amides is 1. The SMILES string of the molecule is C=C/C=C\C(=C/C)c1ccn(CCNC(=O)C2CCCCCC(C)CC(C)CC2)n1. The van der Waals surface area contributed by atoms with Gasteiger partial charge in [0, 0.05) is 18.7 Å². The highest BCUT2D eigenvalue weighted by Crippen LogP contribution is 2.27. The van der Waals surface area contributed by atoms with E-state index in [4.69, 9.17) is 0 Å². The molecule has 2 rings (SSSR count). The molecule has 1 aliphatic rings. The highest BCUT2D eigenvalue weighted by molar-refractivity contribution is 5.78. The van der Waals surface area contributed by atoms with Crippen molar-refractivity contribution < 1.29 is 4.79 Å². The molecule has 1 heterocycles. The van der Waals surface area contributed by atoms with E-state index in [1.165, 1.54) is 32.1 Å². The molecule has 1 aromatic heterocycles. The third-order valence-electron chi connectivity index (χ3n) is 6.23. The fraction of sp³-hybridized carbons (Fsp3) is 0.615. The van der Waals surface area contributed by atoms with Gasteiger partial charge in [-0.1, -0.05) is 70.4 Å². The molecule has 166 valence electrons. The zero-order chi connectivity index (χ0) is 21.8. The van der Waals surface area contributed by atoms with Crippen LogP contribution in [0.2, 0.25) is 0 Å². The van der Waals surface area contributed by atoms with E-state index in [2.05, 4.69) is 30.8 Å². The van der Waals surface area contributed by atoms with Crippen molar-refractivity contribution in [1.82, 2.24) is 15.1 Å². The average molecular weight is 412 g/mol. The molecule has 4 heteroatoms. The van der Waals surface area contributed by atoms with E-state index >= 15 is 0 Å². The van der Waals surface area contributed by atoms with Gasteiger partial charge in [0.15, 0.2) is 0 Å². The number of aromatic nitrogens is 2. The molecule has 30 heavy (non-hydrogen) atoms. The number of nitrogens with one attached hydrogen (secondary N) is 1. The molecule has 0 bridgehead atoms. The lowest BCUT2D eigenvalue weighted by Gasteiger charge is -2.19. The average Bonchev–Trinajstić information content (AvgIpc) is 3.17. The third-order valence-corrected chi connectivity index (χ3v) is 6.23. The Bertz CT molecular complexity index is 716. The van der Waals surface area contributed by atoms with E-state index in [0.29, 0.717) is 19.0 Å². The summed E-state index contributed by atoms with van der Waals surface area (Å²) in [6.07, 6.45) is 19.3. The van der Waals surface area contributed by atoms with Crippen molar-refractivity contribution >= 4 is 11.5 Å². The first-order valence-corrected chi connectivity index (χ1v) is 11.8. The quantitative estimate of drug-likeness (QED) is 0.546. The summed E-state index contributed by atoms with van der Waals surface area (Å²) in [5, 5.41) is 7.80. The van der Waals surface area contributed by atoms with Gasteiger partial charge in [0.1, 0.15) is 0 Å². The van der Waals surface area contributed by atoms with Gasteiger partial charge in [0.2, 0.25) is 5.91 Å². The molecule has 0 radical (unpaired) electrons. The number of nitrogens with zero attached hydrogens (tertiary/aromatic N) is 2. The zero-order valence-corrected chi connectivity index (χ0v) is 19.3. The maximum atomic E-state index is 12.8. The molecule has 1 N–H and O–H groups in total. The van der Waals surface area contributed by atoms with E-state index in [-0.39, 0.29) is 11.8 Å². The number of carbonyl (C=O) groups excluding carboxylic acids is 1. The zero-order valence-electron chi connectivity index (χ0n) is 19.3. The molecule has 1 fully saturated rings. The second-order valence-corrected chi connectivity index (χ2v) is 8.95. The molecular weight excluding hydrogens is 370 g/mol. The molecular formula is C26H41N3O. The lowest BCUT2D eigenvalue weighted by molar-refractivity contribution is -0.125. The molecule has 4 nitrogen and oxygen atoms in total. The Morgan fingerprint density at radius 3 is 2.73 bits per heavy atom. The van der Waals surface area contributed by atoms with Crippen LogP contribution >= 0.6 is 0 Å². The van der Waals surface area contributed by atoms with E-state index in [0.717, 1.165) is 36.4 Å². The molecule has 1 saturated carbocycles. The Kier molecular flexibility index (Phi) is 10.7. The van der Waals surface area contributed by atoms with Crippen LogP contribution in [0.5, 0.6) is 0 Å². The lowest BCUT2D eigenvalue weighted by atomic mass is 9.88. The molecule has 0 spiro atoms. The maximum Gasteiger partial charge on any atom is 0.223 e. The van der Waals surface area contributed by atoms with Crippen LogP contribution in [0.1, 0.15) is 77.8 Å². The number of hydrogen-bond donors (Lipinski definition) is 1. The number of rotatable bonds is 7. The summed E-state index contributed by atoms with van der Waals surface area (Å²) in [6.45, 7) is 11.8. The van der Waals surface area contributed by atoms with Gasteiger partial charge >= 0.3 is 0 Å². The molecule has 1 aliphatic carbocycles. The Hall–Kier alpha value is -2.10. The Morgan fingerprint density at radius 2 is 1.97 bits per heavy atom. The van der Waals surface area contributed by atoms with Gasteiger partial charge in [-0.05, 0) is 56.1 Å². The van der Waals surface area contributed by atoms with Crippen LogP contribution in [0, 0.1) is 17.8 Å². The summed E-state index contributed by atoms with van der Waals surface area (Å²) < 4.78 is 1.90. The van der Waals surface area contributed by atoms with Gasteiger partial charge in [0.05, 0.1) is 12.2 Å². The fourth-order valence-corrected chi connectivity index (χ4v) is 4.45. The van der Waals surface area contributed by atoms with Crippen LogP contribution in [-0.2, 0) is 11.3 Å². The van der Waals surface area contributed by atoms with Crippen LogP contribution in [0.3, 0.4) is 0 Å². The summed E-state index contributed by atoms with van der Waals surface area (Å²) >= 11 is 0. The largest absolute Gasteiger partial charge is 0.354 e. The van der Waals surface area contributed by atoms with Crippen molar-refractivity contribution in [3.8, 4) is 0 Å². The minimum Gasteiger partial charge on any atom is -0.354 e. The van der Waals surface area contributed by atoms with Crippen molar-refractivity contribution in [2.75, 3.05) is 6.54 Å². The van der Waals surface area contributed by atoms with Gasteiger partial charge in [-0.3, -0.25) is 9.48 Å². The first-order valence-electron chi connectivity index (χ1n) is 11.8. The second-order valence-electron chi connectivity index (χ2n) is 8.95. The van der Waals surface area contributed by atoms with E-state index < -0.39 is 0 Å².